The highest BCUT2D eigenvalue weighted by Gasteiger charge is 2.16. The summed E-state index contributed by atoms with van der Waals surface area (Å²) in [6, 6.07) is 12.7. The lowest BCUT2D eigenvalue weighted by Crippen LogP contribution is -2.17. The fourth-order valence-electron chi connectivity index (χ4n) is 2.68. The van der Waals surface area contributed by atoms with Crippen LogP contribution in [0.5, 0.6) is 11.5 Å². The molecule has 3 rings (SSSR count). The first-order valence-electron chi connectivity index (χ1n) is 8.08. The Hall–Kier alpha value is -3.61. The number of Topliss-reactive ketones (excluding diaryl/α,β-unsaturated/α-hetero) is 1. The van der Waals surface area contributed by atoms with Crippen molar-refractivity contribution >= 4 is 22.7 Å². The van der Waals surface area contributed by atoms with Gasteiger partial charge >= 0.3 is 5.97 Å². The van der Waals surface area contributed by atoms with Gasteiger partial charge in [-0.1, -0.05) is 18.2 Å². The van der Waals surface area contributed by atoms with Crippen LogP contribution < -0.4 is 15.0 Å². The predicted octanol–water partition coefficient (Wildman–Crippen LogP) is 2.59. The molecule has 0 saturated heterocycles. The SMILES string of the molecule is COc1ccc(C(=O)COC(=O)c2cc(=O)[nH]c3ccccc23)cc1OC. The summed E-state index contributed by atoms with van der Waals surface area (Å²) in [7, 11) is 2.96. The van der Waals surface area contributed by atoms with E-state index in [1.165, 1.54) is 20.3 Å². The molecule has 0 aliphatic rings. The largest absolute Gasteiger partial charge is 0.493 e. The van der Waals surface area contributed by atoms with Gasteiger partial charge in [-0.25, -0.2) is 4.79 Å². The number of para-hydroxylation sites is 1. The number of methoxy groups -OCH3 is 2. The van der Waals surface area contributed by atoms with Gasteiger partial charge in [0.25, 0.3) is 0 Å². The molecule has 0 atom stereocenters. The van der Waals surface area contributed by atoms with Crippen LogP contribution in [-0.2, 0) is 4.74 Å². The molecule has 0 radical (unpaired) electrons. The Labute approximate surface area is 154 Å². The van der Waals surface area contributed by atoms with Gasteiger partial charge in [0.05, 0.1) is 19.8 Å². The minimum Gasteiger partial charge on any atom is -0.493 e. The third-order valence-electron chi connectivity index (χ3n) is 4.01. The lowest BCUT2D eigenvalue weighted by Gasteiger charge is -2.10. The average Bonchev–Trinajstić information content (AvgIpc) is 2.70. The second-order valence-corrected chi connectivity index (χ2v) is 5.66. The number of hydrogen-bond acceptors (Lipinski definition) is 6. The van der Waals surface area contributed by atoms with E-state index < -0.39 is 23.9 Å². The first kappa shape index (κ1) is 18.2. The van der Waals surface area contributed by atoms with Gasteiger partial charge in [-0.3, -0.25) is 9.59 Å². The van der Waals surface area contributed by atoms with E-state index in [9.17, 15) is 14.4 Å². The maximum Gasteiger partial charge on any atom is 0.339 e. The van der Waals surface area contributed by atoms with Crippen molar-refractivity contribution in [2.75, 3.05) is 20.8 Å². The van der Waals surface area contributed by atoms with E-state index >= 15 is 0 Å². The molecule has 3 aromatic rings. The Bertz CT molecular complexity index is 1070. The number of fused-ring (bicyclic) bond motifs is 1. The van der Waals surface area contributed by atoms with Gasteiger partial charge < -0.3 is 19.2 Å². The van der Waals surface area contributed by atoms with E-state index in [0.717, 1.165) is 6.07 Å². The van der Waals surface area contributed by atoms with Crippen molar-refractivity contribution in [1.82, 2.24) is 4.98 Å². The number of aromatic amines is 1. The first-order valence-corrected chi connectivity index (χ1v) is 8.08. The zero-order valence-electron chi connectivity index (χ0n) is 14.8. The third-order valence-corrected chi connectivity index (χ3v) is 4.01. The number of esters is 1. The fourth-order valence-corrected chi connectivity index (χ4v) is 2.68. The van der Waals surface area contributed by atoms with Crippen molar-refractivity contribution in [3.63, 3.8) is 0 Å². The predicted molar refractivity (Wildman–Crippen MR) is 98.7 cm³/mol. The van der Waals surface area contributed by atoms with Crippen LogP contribution >= 0.6 is 0 Å². The number of ether oxygens (including phenoxy) is 3. The van der Waals surface area contributed by atoms with E-state index in [1.807, 2.05) is 0 Å². The van der Waals surface area contributed by atoms with Crippen LogP contribution in [0.3, 0.4) is 0 Å². The summed E-state index contributed by atoms with van der Waals surface area (Å²) in [5.74, 6) is -0.263. The van der Waals surface area contributed by atoms with Gasteiger partial charge in [-0.2, -0.15) is 0 Å². The molecular formula is C20H17NO6. The van der Waals surface area contributed by atoms with Crippen LogP contribution in [0.25, 0.3) is 10.9 Å². The lowest BCUT2D eigenvalue weighted by atomic mass is 10.1. The normalized spacial score (nSPS) is 10.4. The molecule has 2 aromatic carbocycles. The molecule has 0 spiro atoms. The van der Waals surface area contributed by atoms with Crippen molar-refractivity contribution in [1.29, 1.82) is 0 Å². The van der Waals surface area contributed by atoms with Gasteiger partial charge in [0.15, 0.2) is 23.9 Å². The maximum absolute atomic E-state index is 12.4. The molecule has 7 nitrogen and oxygen atoms in total. The number of benzene rings is 2. The fraction of sp³-hybridized carbons (Fsp3) is 0.150. The van der Waals surface area contributed by atoms with Gasteiger partial charge in [0, 0.05) is 22.5 Å². The van der Waals surface area contributed by atoms with Gasteiger partial charge in [0.2, 0.25) is 5.56 Å². The molecule has 0 aliphatic carbocycles. The van der Waals surface area contributed by atoms with Gasteiger partial charge in [0.1, 0.15) is 0 Å². The van der Waals surface area contributed by atoms with Crippen molar-refractivity contribution in [2.45, 2.75) is 0 Å². The van der Waals surface area contributed by atoms with Crippen LogP contribution in [0.15, 0.2) is 53.3 Å². The third kappa shape index (κ3) is 3.82. The lowest BCUT2D eigenvalue weighted by molar-refractivity contribution is 0.0476. The van der Waals surface area contributed by atoms with Crippen LogP contribution in [0.1, 0.15) is 20.7 Å². The van der Waals surface area contributed by atoms with Crippen LogP contribution in [0, 0.1) is 0 Å². The van der Waals surface area contributed by atoms with E-state index in [1.54, 1.807) is 36.4 Å². The van der Waals surface area contributed by atoms with Crippen LogP contribution in [0.2, 0.25) is 0 Å². The van der Waals surface area contributed by atoms with Gasteiger partial charge in [-0.15, -0.1) is 0 Å². The maximum atomic E-state index is 12.4. The smallest absolute Gasteiger partial charge is 0.339 e. The Morgan fingerprint density at radius 3 is 2.44 bits per heavy atom. The zero-order valence-corrected chi connectivity index (χ0v) is 14.8. The molecule has 0 bridgehead atoms. The molecule has 0 saturated carbocycles. The summed E-state index contributed by atoms with van der Waals surface area (Å²) >= 11 is 0. The number of carbonyl (C=O) groups is 2. The summed E-state index contributed by atoms with van der Waals surface area (Å²) in [4.78, 5) is 39.1. The first-order chi connectivity index (χ1) is 13.0. The molecule has 1 N–H and O–H groups in total. The van der Waals surface area contributed by atoms with Crippen molar-refractivity contribution in [3.05, 3.63) is 70.0 Å². The van der Waals surface area contributed by atoms with Crippen molar-refractivity contribution in [3.8, 4) is 11.5 Å². The standard InChI is InChI=1S/C20H17NO6/c1-25-17-8-7-12(9-18(17)26-2)16(22)11-27-20(24)14-10-19(23)21-15-6-4-3-5-13(14)15/h3-10H,11H2,1-2H3,(H,21,23). The second-order valence-electron chi connectivity index (χ2n) is 5.66. The number of rotatable bonds is 6. The molecule has 0 unspecified atom stereocenters. The molecule has 7 heteroatoms. The van der Waals surface area contributed by atoms with E-state index in [4.69, 9.17) is 14.2 Å². The van der Waals surface area contributed by atoms with Gasteiger partial charge in [-0.05, 0) is 24.3 Å². The van der Waals surface area contributed by atoms with Crippen molar-refractivity contribution in [2.24, 2.45) is 0 Å². The summed E-state index contributed by atoms with van der Waals surface area (Å²) in [5, 5.41) is 0.542. The Kier molecular flexibility index (Phi) is 5.21. The number of carbonyl (C=O) groups excluding carboxylic acids is 2. The molecule has 138 valence electrons. The highest BCUT2D eigenvalue weighted by molar-refractivity contribution is 6.05. The molecule has 0 aliphatic heterocycles. The molecule has 1 aromatic heterocycles. The number of nitrogens with one attached hydrogen (secondary N) is 1. The van der Waals surface area contributed by atoms with Crippen LogP contribution in [0.4, 0.5) is 0 Å². The van der Waals surface area contributed by atoms with E-state index in [-0.39, 0.29) is 5.56 Å². The van der Waals surface area contributed by atoms with E-state index in [2.05, 4.69) is 4.98 Å². The Morgan fingerprint density at radius 1 is 0.963 bits per heavy atom. The number of H-pyrrole nitrogens is 1. The Morgan fingerprint density at radius 2 is 1.70 bits per heavy atom. The number of aromatic nitrogens is 1. The van der Waals surface area contributed by atoms with Crippen LogP contribution in [-0.4, -0.2) is 37.6 Å². The molecule has 27 heavy (non-hydrogen) atoms. The second kappa shape index (κ2) is 7.74. The molecule has 0 amide bonds. The quantitative estimate of drug-likeness (QED) is 0.532. The topological polar surface area (TPSA) is 94.7 Å². The van der Waals surface area contributed by atoms with Crippen molar-refractivity contribution < 1.29 is 23.8 Å². The number of hydrogen-bond donors (Lipinski definition) is 1. The molecular weight excluding hydrogens is 350 g/mol. The summed E-state index contributed by atoms with van der Waals surface area (Å²) < 4.78 is 15.4. The number of pyridine rings is 1. The summed E-state index contributed by atoms with van der Waals surface area (Å²) in [6.07, 6.45) is 0. The Balaban J connectivity index is 1.78. The average molecular weight is 367 g/mol. The molecule has 1 heterocycles. The minimum atomic E-state index is -0.744. The monoisotopic (exact) mass is 367 g/mol. The summed E-state index contributed by atoms with van der Waals surface area (Å²) in [6.45, 7) is -0.463. The highest BCUT2D eigenvalue weighted by Crippen LogP contribution is 2.27. The minimum absolute atomic E-state index is 0.106. The number of ketones is 1. The van der Waals surface area contributed by atoms with E-state index in [0.29, 0.717) is 28.0 Å². The zero-order chi connectivity index (χ0) is 19.4. The molecule has 0 fully saturated rings. The highest BCUT2D eigenvalue weighted by atomic mass is 16.5. The summed E-state index contributed by atoms with van der Waals surface area (Å²) in [5.41, 5.74) is 0.515.